The summed E-state index contributed by atoms with van der Waals surface area (Å²) in [7, 11) is 0. The fourth-order valence-corrected chi connectivity index (χ4v) is 3.07. The lowest BCUT2D eigenvalue weighted by atomic mass is 10.0. The van der Waals surface area contributed by atoms with E-state index in [1.807, 2.05) is 0 Å². The first-order valence-corrected chi connectivity index (χ1v) is 9.64. The van der Waals surface area contributed by atoms with Crippen LogP contribution in [0.1, 0.15) is 41.4 Å². The van der Waals surface area contributed by atoms with Crippen LogP contribution in [0.2, 0.25) is 0 Å². The zero-order valence-corrected chi connectivity index (χ0v) is 16.7. The number of esters is 2. The number of ether oxygens (including phenoxy) is 2. The summed E-state index contributed by atoms with van der Waals surface area (Å²) < 4.78 is 10.7. The maximum absolute atomic E-state index is 12.5. The molecular weight excluding hydrogens is 408 g/mol. The van der Waals surface area contributed by atoms with Gasteiger partial charge in [-0.05, 0) is 65.4 Å². The highest BCUT2D eigenvalue weighted by molar-refractivity contribution is 5.97. The molecular formula is C26H16O6. The Morgan fingerprint density at radius 1 is 0.531 bits per heavy atom. The molecule has 6 nitrogen and oxygen atoms in total. The maximum Gasteiger partial charge on any atom is 0.343 e. The highest BCUT2D eigenvalue weighted by Gasteiger charge is 2.12. The van der Waals surface area contributed by atoms with Crippen LogP contribution in [0.25, 0.3) is 10.8 Å². The Labute approximate surface area is 183 Å². The van der Waals surface area contributed by atoms with Gasteiger partial charge in [-0.25, -0.2) is 9.59 Å². The molecule has 0 spiro atoms. The van der Waals surface area contributed by atoms with Crippen LogP contribution in [-0.4, -0.2) is 24.5 Å². The van der Waals surface area contributed by atoms with E-state index in [0.29, 0.717) is 34.3 Å². The highest BCUT2D eigenvalue weighted by Crippen LogP contribution is 2.22. The first-order chi connectivity index (χ1) is 15.6. The minimum absolute atomic E-state index is 0.283. The fraction of sp³-hybridized carbons (Fsp3) is 0. The molecule has 0 heterocycles. The third-order valence-electron chi connectivity index (χ3n) is 4.76. The average molecular weight is 424 g/mol. The van der Waals surface area contributed by atoms with Gasteiger partial charge in [-0.2, -0.15) is 0 Å². The summed E-state index contributed by atoms with van der Waals surface area (Å²) in [4.78, 5) is 46.3. The molecule has 6 heteroatoms. The van der Waals surface area contributed by atoms with E-state index in [0.717, 1.165) is 17.1 Å². The van der Waals surface area contributed by atoms with Gasteiger partial charge in [-0.3, -0.25) is 9.59 Å². The van der Waals surface area contributed by atoms with E-state index in [1.54, 1.807) is 36.4 Å². The second-order valence-corrected chi connectivity index (χ2v) is 6.93. The summed E-state index contributed by atoms with van der Waals surface area (Å²) in [5.41, 5.74) is 1.70. The first-order valence-electron chi connectivity index (χ1n) is 9.64. The van der Waals surface area contributed by atoms with Crippen molar-refractivity contribution in [2.75, 3.05) is 0 Å². The molecule has 156 valence electrons. The smallest absolute Gasteiger partial charge is 0.343 e. The van der Waals surface area contributed by atoms with Crippen molar-refractivity contribution in [3.63, 3.8) is 0 Å². The first kappa shape index (κ1) is 20.7. The predicted molar refractivity (Wildman–Crippen MR) is 118 cm³/mol. The van der Waals surface area contributed by atoms with Crippen LogP contribution in [0.4, 0.5) is 0 Å². The van der Waals surface area contributed by atoms with E-state index in [-0.39, 0.29) is 5.75 Å². The van der Waals surface area contributed by atoms with Crippen molar-refractivity contribution in [1.82, 2.24) is 0 Å². The third-order valence-corrected chi connectivity index (χ3v) is 4.76. The maximum atomic E-state index is 12.5. The SMILES string of the molecule is O=Cc1ccc(C(=O)Oc2ccc(OC(=O)c3ccc4cc(C=O)ccc4c3)cc2)cc1. The molecule has 4 rings (SSSR count). The van der Waals surface area contributed by atoms with Gasteiger partial charge in [-0.15, -0.1) is 0 Å². The van der Waals surface area contributed by atoms with Crippen LogP contribution in [-0.2, 0) is 0 Å². The molecule has 0 aromatic heterocycles. The number of aldehydes is 2. The highest BCUT2D eigenvalue weighted by atomic mass is 16.5. The largest absolute Gasteiger partial charge is 0.423 e. The summed E-state index contributed by atoms with van der Waals surface area (Å²) in [6.07, 6.45) is 1.46. The lowest BCUT2D eigenvalue weighted by Gasteiger charge is -2.08. The lowest BCUT2D eigenvalue weighted by molar-refractivity contribution is 0.0719. The molecule has 0 atom stereocenters. The molecule has 0 bridgehead atoms. The summed E-state index contributed by atoms with van der Waals surface area (Å²) >= 11 is 0. The number of benzene rings is 4. The molecule has 0 fully saturated rings. The topological polar surface area (TPSA) is 86.7 Å². The van der Waals surface area contributed by atoms with Crippen LogP contribution in [0.15, 0.2) is 84.9 Å². The molecule has 0 radical (unpaired) electrons. The molecule has 4 aromatic rings. The van der Waals surface area contributed by atoms with E-state index in [9.17, 15) is 19.2 Å². The minimum atomic E-state index is -0.568. The molecule has 32 heavy (non-hydrogen) atoms. The van der Waals surface area contributed by atoms with Gasteiger partial charge < -0.3 is 9.47 Å². The number of fused-ring (bicyclic) bond motifs is 1. The Morgan fingerprint density at radius 2 is 1.00 bits per heavy atom. The fourth-order valence-electron chi connectivity index (χ4n) is 3.07. The van der Waals surface area contributed by atoms with E-state index in [1.165, 1.54) is 48.5 Å². The summed E-state index contributed by atoms with van der Waals surface area (Å²) in [6, 6.07) is 22.4. The van der Waals surface area contributed by atoms with Crippen molar-refractivity contribution in [3.05, 3.63) is 107 Å². The van der Waals surface area contributed by atoms with Gasteiger partial charge in [0.15, 0.2) is 0 Å². The molecule has 0 unspecified atom stereocenters. The molecule has 0 aliphatic rings. The van der Waals surface area contributed by atoms with Crippen LogP contribution in [0, 0.1) is 0 Å². The van der Waals surface area contributed by atoms with Gasteiger partial charge in [0.05, 0.1) is 11.1 Å². The quantitative estimate of drug-likeness (QED) is 0.248. The second kappa shape index (κ2) is 9.06. The molecule has 0 aliphatic heterocycles. The Hall–Kier alpha value is -4.58. The Morgan fingerprint density at radius 3 is 1.59 bits per heavy atom. The van der Waals surface area contributed by atoms with E-state index < -0.39 is 11.9 Å². The number of hydrogen-bond donors (Lipinski definition) is 0. The molecule has 0 N–H and O–H groups in total. The van der Waals surface area contributed by atoms with Gasteiger partial charge in [0, 0.05) is 11.1 Å². The van der Waals surface area contributed by atoms with Crippen molar-refractivity contribution in [1.29, 1.82) is 0 Å². The molecule has 0 saturated heterocycles. The lowest BCUT2D eigenvalue weighted by Crippen LogP contribution is -2.09. The average Bonchev–Trinajstić information content (AvgIpc) is 2.84. The zero-order valence-electron chi connectivity index (χ0n) is 16.7. The Kier molecular flexibility index (Phi) is 5.85. The summed E-state index contributed by atoms with van der Waals surface area (Å²) in [5, 5.41) is 1.66. The number of carbonyl (C=O) groups excluding carboxylic acids is 4. The van der Waals surface area contributed by atoms with Crippen LogP contribution in [0.3, 0.4) is 0 Å². The minimum Gasteiger partial charge on any atom is -0.423 e. The van der Waals surface area contributed by atoms with Gasteiger partial charge in [-0.1, -0.05) is 30.3 Å². The van der Waals surface area contributed by atoms with Gasteiger partial charge in [0.25, 0.3) is 0 Å². The van der Waals surface area contributed by atoms with Crippen LogP contribution in [0.5, 0.6) is 11.5 Å². The molecule has 0 saturated carbocycles. The van der Waals surface area contributed by atoms with Crippen LogP contribution < -0.4 is 9.47 Å². The normalized spacial score (nSPS) is 10.4. The van der Waals surface area contributed by atoms with Crippen molar-refractivity contribution < 1.29 is 28.7 Å². The summed E-state index contributed by atoms with van der Waals surface area (Å²) in [6.45, 7) is 0. The second-order valence-electron chi connectivity index (χ2n) is 6.93. The van der Waals surface area contributed by atoms with Crippen molar-refractivity contribution >= 4 is 35.3 Å². The van der Waals surface area contributed by atoms with E-state index >= 15 is 0 Å². The molecule has 0 amide bonds. The Balaban J connectivity index is 1.42. The van der Waals surface area contributed by atoms with Gasteiger partial charge in [0.1, 0.15) is 24.1 Å². The summed E-state index contributed by atoms with van der Waals surface area (Å²) in [5.74, 6) is -0.528. The van der Waals surface area contributed by atoms with E-state index in [4.69, 9.17) is 9.47 Å². The van der Waals surface area contributed by atoms with Gasteiger partial charge in [0.2, 0.25) is 0 Å². The standard InChI is InChI=1S/C26H16O6/c27-15-17-1-4-19(5-2-17)25(29)31-23-9-11-24(12-10-23)32-26(30)22-8-7-20-13-18(16-28)3-6-21(20)14-22/h1-16H. The number of carbonyl (C=O) groups is 4. The molecule has 0 aliphatic carbocycles. The molecule has 4 aromatic carbocycles. The number of rotatable bonds is 6. The third kappa shape index (κ3) is 4.60. The zero-order chi connectivity index (χ0) is 22.5. The van der Waals surface area contributed by atoms with E-state index in [2.05, 4.69) is 0 Å². The monoisotopic (exact) mass is 424 g/mol. The Bertz CT molecular complexity index is 1320. The van der Waals surface area contributed by atoms with Crippen LogP contribution >= 0.6 is 0 Å². The number of hydrogen-bond acceptors (Lipinski definition) is 6. The van der Waals surface area contributed by atoms with Gasteiger partial charge >= 0.3 is 11.9 Å². The van der Waals surface area contributed by atoms with Crippen molar-refractivity contribution in [3.8, 4) is 11.5 Å². The predicted octanol–water partition coefficient (Wildman–Crippen LogP) is 4.90. The van der Waals surface area contributed by atoms with Crippen molar-refractivity contribution in [2.45, 2.75) is 0 Å². The van der Waals surface area contributed by atoms with Crippen molar-refractivity contribution in [2.24, 2.45) is 0 Å².